The molecule has 1 amide bonds. The van der Waals surface area contributed by atoms with Gasteiger partial charge in [0.15, 0.2) is 0 Å². The number of hydrogen-bond acceptors (Lipinski definition) is 6. The maximum Gasteiger partial charge on any atom is 0.309 e. The van der Waals surface area contributed by atoms with Crippen LogP contribution < -0.4 is 5.32 Å². The zero-order valence-electron chi connectivity index (χ0n) is 25.6. The minimum absolute atomic E-state index is 0.0439. The summed E-state index contributed by atoms with van der Waals surface area (Å²) in [5, 5.41) is 13.9. The number of aromatic nitrogens is 3. The van der Waals surface area contributed by atoms with Crippen molar-refractivity contribution in [1.29, 1.82) is 0 Å². The molecule has 0 bridgehead atoms. The minimum atomic E-state index is -0.990. The molecule has 1 saturated heterocycles. The molecule has 0 spiro atoms. The number of methoxy groups -OCH3 is 1. The number of esters is 1. The fraction of sp³-hybridized carbons (Fsp3) is 0.500. The smallest absolute Gasteiger partial charge is 0.309 e. The monoisotopic (exact) mass is 580 g/mol. The predicted molar refractivity (Wildman–Crippen MR) is 164 cm³/mol. The van der Waals surface area contributed by atoms with E-state index in [0.29, 0.717) is 25.9 Å². The molecule has 2 aromatic carbocycles. The summed E-state index contributed by atoms with van der Waals surface area (Å²) in [5.41, 5.74) is 6.12. The summed E-state index contributed by atoms with van der Waals surface area (Å²) in [6, 6.07) is 11.7. The first-order valence-electron chi connectivity index (χ1n) is 15.3. The van der Waals surface area contributed by atoms with Crippen molar-refractivity contribution < 1.29 is 14.3 Å². The van der Waals surface area contributed by atoms with Gasteiger partial charge in [-0.2, -0.15) is 11.5 Å². The average Bonchev–Trinajstić information content (AvgIpc) is 3.59. The number of amides is 1. The van der Waals surface area contributed by atoms with E-state index in [4.69, 9.17) is 11.3 Å². The van der Waals surface area contributed by atoms with E-state index in [1.807, 2.05) is 35.1 Å². The SMILES string of the molecule is [C-]#[N+]N1C[C@@H]2CC[C@H](C)[C@H](C(=O)OC)[C@H]2C[C@H]1[C@@]1(CCn2cc(-c3cc(C)c(C)cc3C)nn2)C(=O)Nc2ccccc21. The summed E-state index contributed by atoms with van der Waals surface area (Å²) in [7, 11) is 1.46. The molecule has 1 aromatic heterocycles. The molecule has 1 saturated carbocycles. The number of hydrogen-bond donors (Lipinski definition) is 1. The third-order valence-electron chi connectivity index (χ3n) is 10.6. The van der Waals surface area contributed by atoms with Gasteiger partial charge in [0.1, 0.15) is 17.2 Å². The molecule has 3 aromatic rings. The summed E-state index contributed by atoms with van der Waals surface area (Å²) in [6.07, 6.45) is 4.86. The highest BCUT2D eigenvalue weighted by Gasteiger charge is 2.60. The second kappa shape index (κ2) is 11.1. The van der Waals surface area contributed by atoms with Crippen LogP contribution in [0.3, 0.4) is 0 Å². The molecule has 6 rings (SSSR count). The zero-order chi connectivity index (χ0) is 30.5. The van der Waals surface area contributed by atoms with Crippen LogP contribution in [0.2, 0.25) is 0 Å². The van der Waals surface area contributed by atoms with Gasteiger partial charge in [-0.15, -0.1) is 10.1 Å². The van der Waals surface area contributed by atoms with Gasteiger partial charge in [0.2, 0.25) is 5.91 Å². The van der Waals surface area contributed by atoms with Crippen LogP contribution in [-0.4, -0.2) is 51.6 Å². The Balaban J connectivity index is 1.37. The van der Waals surface area contributed by atoms with Crippen LogP contribution in [0.4, 0.5) is 5.69 Å². The number of nitrogens with one attached hydrogen (secondary N) is 1. The first-order valence-corrected chi connectivity index (χ1v) is 15.3. The first kappa shape index (κ1) is 28.9. The Kier molecular flexibility index (Phi) is 7.49. The van der Waals surface area contributed by atoms with Gasteiger partial charge in [-0.25, -0.2) is 0 Å². The second-order valence-corrected chi connectivity index (χ2v) is 12.8. The first-order chi connectivity index (χ1) is 20.7. The minimum Gasteiger partial charge on any atom is -0.469 e. The molecule has 6 atom stereocenters. The summed E-state index contributed by atoms with van der Waals surface area (Å²) in [5.74, 6) is -0.0790. The Hall–Kier alpha value is -4.19. The lowest BCUT2D eigenvalue weighted by Gasteiger charge is -2.49. The van der Waals surface area contributed by atoms with Gasteiger partial charge in [-0.05, 0) is 98.6 Å². The Morgan fingerprint density at radius 2 is 1.93 bits per heavy atom. The number of aryl methyl sites for hydroxylation is 4. The Bertz CT molecular complexity index is 1610. The fourth-order valence-corrected chi connectivity index (χ4v) is 8.15. The lowest BCUT2D eigenvalue weighted by molar-refractivity contribution is -0.155. The molecule has 1 aliphatic carbocycles. The van der Waals surface area contributed by atoms with E-state index in [-0.39, 0.29) is 35.5 Å². The van der Waals surface area contributed by atoms with Crippen molar-refractivity contribution in [3.63, 3.8) is 0 Å². The van der Waals surface area contributed by atoms with Gasteiger partial charge >= 0.3 is 5.97 Å². The van der Waals surface area contributed by atoms with Crippen LogP contribution in [0.5, 0.6) is 0 Å². The van der Waals surface area contributed by atoms with Crippen LogP contribution in [0.25, 0.3) is 16.2 Å². The Labute approximate surface area is 253 Å². The predicted octanol–water partition coefficient (Wildman–Crippen LogP) is 5.51. The van der Waals surface area contributed by atoms with Crippen LogP contribution in [0.1, 0.15) is 54.9 Å². The van der Waals surface area contributed by atoms with E-state index in [1.54, 1.807) is 5.01 Å². The number of nitrogens with zero attached hydrogens (tertiary/aromatic N) is 5. The number of anilines is 1. The molecule has 1 N–H and O–H groups in total. The van der Waals surface area contributed by atoms with E-state index in [2.05, 4.69) is 60.4 Å². The lowest BCUT2D eigenvalue weighted by atomic mass is 9.59. The molecule has 9 nitrogen and oxygen atoms in total. The van der Waals surface area contributed by atoms with Crippen LogP contribution >= 0.6 is 0 Å². The number of carbonyl (C=O) groups is 2. The molecule has 0 radical (unpaired) electrons. The Morgan fingerprint density at radius 3 is 2.70 bits per heavy atom. The molecule has 3 heterocycles. The maximum atomic E-state index is 14.2. The van der Waals surface area contributed by atoms with Crippen molar-refractivity contribution >= 4 is 17.6 Å². The number of para-hydroxylation sites is 1. The van der Waals surface area contributed by atoms with Gasteiger partial charge in [0, 0.05) is 17.8 Å². The third-order valence-corrected chi connectivity index (χ3v) is 10.6. The topological polar surface area (TPSA) is 93.7 Å². The van der Waals surface area contributed by atoms with E-state index >= 15 is 0 Å². The van der Waals surface area contributed by atoms with Gasteiger partial charge < -0.3 is 10.1 Å². The molecule has 224 valence electrons. The van der Waals surface area contributed by atoms with E-state index in [0.717, 1.165) is 40.9 Å². The van der Waals surface area contributed by atoms with Gasteiger partial charge in [-0.3, -0.25) is 14.3 Å². The lowest BCUT2D eigenvalue weighted by Crippen LogP contribution is -2.60. The van der Waals surface area contributed by atoms with E-state index in [1.165, 1.54) is 18.2 Å². The van der Waals surface area contributed by atoms with Crippen molar-refractivity contribution in [1.82, 2.24) is 20.0 Å². The number of fused-ring (bicyclic) bond motifs is 2. The normalized spacial score (nSPS) is 28.0. The molecule has 0 unspecified atom stereocenters. The second-order valence-electron chi connectivity index (χ2n) is 12.8. The van der Waals surface area contributed by atoms with Crippen LogP contribution in [0, 0.1) is 51.0 Å². The van der Waals surface area contributed by atoms with Crippen molar-refractivity contribution in [3.05, 3.63) is 76.4 Å². The van der Waals surface area contributed by atoms with Gasteiger partial charge in [0.05, 0.1) is 25.8 Å². The van der Waals surface area contributed by atoms with Crippen molar-refractivity contribution in [2.75, 3.05) is 19.0 Å². The summed E-state index contributed by atoms with van der Waals surface area (Å²) >= 11 is 0. The number of ether oxygens (including phenoxy) is 1. The quantitative estimate of drug-likeness (QED) is 0.305. The third kappa shape index (κ3) is 4.77. The highest BCUT2D eigenvalue weighted by atomic mass is 16.5. The standard InChI is InChI=1S/C34H40N6O3/c1-20-11-12-24-18-40(35-5)30(17-26(24)31(20)32(41)43-6)34(27-9-7-8-10-28(27)36-33(34)42)13-14-39-19-29(37-38-39)25-16-22(3)21(2)15-23(25)4/h7-10,15-16,19-20,24,26,30-31H,11-14,17-18H2,1-4,6H3,(H,36,42)/t20-,24-,26-,30-,31-,34-/m0/s1. The van der Waals surface area contributed by atoms with Crippen LogP contribution in [0.15, 0.2) is 42.6 Å². The van der Waals surface area contributed by atoms with E-state index < -0.39 is 11.5 Å². The van der Waals surface area contributed by atoms with Gasteiger partial charge in [0.25, 0.3) is 0 Å². The molecule has 3 aliphatic rings. The molecular formula is C34H40N6O3. The molecule has 43 heavy (non-hydrogen) atoms. The molecule has 2 fully saturated rings. The average molecular weight is 581 g/mol. The van der Waals surface area contributed by atoms with E-state index in [9.17, 15) is 9.59 Å². The fourth-order valence-electron chi connectivity index (χ4n) is 8.15. The number of carbonyl (C=O) groups excluding carboxylic acids is 2. The molecular weight excluding hydrogens is 540 g/mol. The number of piperidine rings is 1. The maximum absolute atomic E-state index is 14.2. The molecule has 9 heteroatoms. The largest absolute Gasteiger partial charge is 0.469 e. The van der Waals surface area contributed by atoms with Crippen molar-refractivity contribution in [3.8, 4) is 11.3 Å². The summed E-state index contributed by atoms with van der Waals surface area (Å²) in [4.78, 5) is 31.2. The van der Waals surface area contributed by atoms with Crippen molar-refractivity contribution in [2.45, 2.75) is 71.4 Å². The molecule has 2 aliphatic heterocycles. The highest BCUT2D eigenvalue weighted by Crippen LogP contribution is 2.53. The summed E-state index contributed by atoms with van der Waals surface area (Å²) in [6.45, 7) is 17.6. The Morgan fingerprint density at radius 1 is 1.16 bits per heavy atom. The highest BCUT2D eigenvalue weighted by molar-refractivity contribution is 6.07. The van der Waals surface area contributed by atoms with Gasteiger partial charge in [-0.1, -0.05) is 36.4 Å². The summed E-state index contributed by atoms with van der Waals surface area (Å²) < 4.78 is 7.09. The van der Waals surface area contributed by atoms with Crippen LogP contribution in [-0.2, 0) is 26.3 Å². The number of benzene rings is 2. The number of rotatable bonds is 6. The zero-order valence-corrected chi connectivity index (χ0v) is 25.6. The van der Waals surface area contributed by atoms with Crippen molar-refractivity contribution in [2.24, 2.45) is 23.7 Å².